The van der Waals surface area contributed by atoms with Crippen LogP contribution in [0.15, 0.2) is 41.1 Å². The average molecular weight is 445 g/mol. The van der Waals surface area contributed by atoms with Gasteiger partial charge < -0.3 is 24.3 Å². The van der Waals surface area contributed by atoms with Crippen LogP contribution in [0.25, 0.3) is 10.9 Å². The first kappa shape index (κ1) is 18.8. The Labute approximate surface area is 171 Å². The first-order chi connectivity index (χ1) is 13.6. The number of hydrogen-bond donors (Lipinski definition) is 1. The number of carbonyl (C=O) groups is 1. The second-order valence-electron chi connectivity index (χ2n) is 6.58. The molecule has 1 N–H and O–H groups in total. The number of amides is 1. The molecule has 1 fully saturated rings. The van der Waals surface area contributed by atoms with Gasteiger partial charge in [-0.1, -0.05) is 15.9 Å². The lowest BCUT2D eigenvalue weighted by atomic mass is 10.1. The molecule has 0 atom stereocenters. The van der Waals surface area contributed by atoms with Crippen LogP contribution >= 0.6 is 15.9 Å². The van der Waals surface area contributed by atoms with Crippen LogP contribution < -0.4 is 10.1 Å². The molecule has 1 saturated heterocycles. The number of hydrogen-bond acceptors (Lipinski definition) is 5. The molecule has 0 bridgehead atoms. The predicted molar refractivity (Wildman–Crippen MR) is 111 cm³/mol. The molecule has 0 spiro atoms. The van der Waals surface area contributed by atoms with E-state index in [2.05, 4.69) is 26.2 Å². The monoisotopic (exact) mass is 444 g/mol. The van der Waals surface area contributed by atoms with E-state index >= 15 is 0 Å². The lowest BCUT2D eigenvalue weighted by Crippen LogP contribution is -2.40. The van der Waals surface area contributed by atoms with Gasteiger partial charge in [-0.25, -0.2) is 4.98 Å². The van der Waals surface area contributed by atoms with Crippen molar-refractivity contribution in [2.24, 2.45) is 7.05 Å². The molecule has 7 nitrogen and oxygen atoms in total. The number of benzene rings is 1. The lowest BCUT2D eigenvalue weighted by molar-refractivity contribution is 0.0303. The van der Waals surface area contributed by atoms with Crippen LogP contribution in [0.5, 0.6) is 5.75 Å². The maximum absolute atomic E-state index is 13.0. The Balaban J connectivity index is 1.74. The van der Waals surface area contributed by atoms with Crippen molar-refractivity contribution in [3.8, 4) is 5.75 Å². The molecular formula is C20H21BrN4O3. The van der Waals surface area contributed by atoms with E-state index in [-0.39, 0.29) is 5.91 Å². The van der Waals surface area contributed by atoms with E-state index < -0.39 is 0 Å². The quantitative estimate of drug-likeness (QED) is 0.665. The van der Waals surface area contributed by atoms with Crippen molar-refractivity contribution in [1.82, 2.24) is 14.5 Å². The van der Waals surface area contributed by atoms with E-state index in [1.54, 1.807) is 13.3 Å². The Kier molecular flexibility index (Phi) is 5.23. The van der Waals surface area contributed by atoms with Gasteiger partial charge in [-0.05, 0) is 24.3 Å². The van der Waals surface area contributed by atoms with Crippen LogP contribution in [0.3, 0.4) is 0 Å². The van der Waals surface area contributed by atoms with Gasteiger partial charge in [0, 0.05) is 42.4 Å². The van der Waals surface area contributed by atoms with Crippen molar-refractivity contribution in [2.45, 2.75) is 0 Å². The summed E-state index contributed by atoms with van der Waals surface area (Å²) in [5.41, 5.74) is 2.24. The van der Waals surface area contributed by atoms with Gasteiger partial charge in [-0.15, -0.1) is 0 Å². The first-order valence-corrected chi connectivity index (χ1v) is 9.79. The fraction of sp³-hybridized carbons (Fsp3) is 0.300. The maximum atomic E-state index is 13.0. The third-order valence-corrected chi connectivity index (χ3v) is 5.34. The van der Waals surface area contributed by atoms with Crippen LogP contribution in [-0.4, -0.2) is 53.8 Å². The number of methoxy groups -OCH3 is 1. The number of carbonyl (C=O) groups excluding carboxylic acids is 1. The highest BCUT2D eigenvalue weighted by atomic mass is 79.9. The van der Waals surface area contributed by atoms with E-state index in [4.69, 9.17) is 9.47 Å². The fourth-order valence-corrected chi connectivity index (χ4v) is 3.78. The number of anilines is 2. The molecule has 1 aromatic carbocycles. The highest BCUT2D eigenvalue weighted by Gasteiger charge is 2.23. The molecule has 146 valence electrons. The van der Waals surface area contributed by atoms with Gasteiger partial charge in [0.25, 0.3) is 5.91 Å². The van der Waals surface area contributed by atoms with Crippen LogP contribution in [-0.2, 0) is 11.8 Å². The third kappa shape index (κ3) is 3.45. The Bertz CT molecular complexity index is 1030. The SMILES string of the molecule is COc1ccc(Br)cc1Nc1ncc(C(=O)N2CCOCC2)c2c1ccn2C. The summed E-state index contributed by atoms with van der Waals surface area (Å²) in [5, 5.41) is 4.22. The summed E-state index contributed by atoms with van der Waals surface area (Å²) in [6, 6.07) is 7.69. The molecule has 28 heavy (non-hydrogen) atoms. The summed E-state index contributed by atoms with van der Waals surface area (Å²) in [7, 11) is 3.56. The number of aryl methyl sites for hydroxylation is 1. The summed E-state index contributed by atoms with van der Waals surface area (Å²) in [6.45, 7) is 2.33. The van der Waals surface area contributed by atoms with Gasteiger partial charge in [0.2, 0.25) is 0 Å². The van der Waals surface area contributed by atoms with Crippen molar-refractivity contribution in [3.05, 3.63) is 46.7 Å². The van der Waals surface area contributed by atoms with Gasteiger partial charge in [-0.3, -0.25) is 4.79 Å². The topological polar surface area (TPSA) is 68.6 Å². The minimum absolute atomic E-state index is 0.0193. The summed E-state index contributed by atoms with van der Waals surface area (Å²) in [4.78, 5) is 19.4. The molecule has 1 aliphatic rings. The number of ether oxygens (including phenoxy) is 2. The number of nitrogens with zero attached hydrogens (tertiary/aromatic N) is 3. The molecule has 0 saturated carbocycles. The van der Waals surface area contributed by atoms with Gasteiger partial charge >= 0.3 is 0 Å². The lowest BCUT2D eigenvalue weighted by Gasteiger charge is -2.27. The number of halogens is 1. The van der Waals surface area contributed by atoms with Crippen molar-refractivity contribution in [3.63, 3.8) is 0 Å². The van der Waals surface area contributed by atoms with Crippen LogP contribution in [0.4, 0.5) is 11.5 Å². The maximum Gasteiger partial charge on any atom is 0.257 e. The molecule has 0 aliphatic carbocycles. The van der Waals surface area contributed by atoms with Crippen molar-refractivity contribution >= 4 is 44.2 Å². The number of fused-ring (bicyclic) bond motifs is 1. The molecule has 0 radical (unpaired) electrons. The van der Waals surface area contributed by atoms with E-state index in [0.717, 1.165) is 21.1 Å². The Morgan fingerprint density at radius 2 is 2.07 bits per heavy atom. The number of morpholine rings is 1. The standard InChI is InChI=1S/C20H21BrN4O3/c1-24-6-5-14-18(24)15(20(26)25-7-9-28-10-8-25)12-22-19(14)23-16-11-13(21)3-4-17(16)27-2/h3-6,11-12H,7-10H2,1-2H3,(H,22,23). The molecule has 3 aromatic rings. The zero-order valence-corrected chi connectivity index (χ0v) is 17.3. The van der Waals surface area contributed by atoms with E-state index in [0.29, 0.717) is 43.4 Å². The number of rotatable bonds is 4. The van der Waals surface area contributed by atoms with Gasteiger partial charge in [0.15, 0.2) is 0 Å². The molecule has 1 amide bonds. The van der Waals surface area contributed by atoms with Crippen LogP contribution in [0.1, 0.15) is 10.4 Å². The van der Waals surface area contributed by atoms with E-state index in [1.807, 2.05) is 47.0 Å². The normalized spacial score (nSPS) is 14.3. The predicted octanol–water partition coefficient (Wildman–Crippen LogP) is 3.56. The van der Waals surface area contributed by atoms with Gasteiger partial charge in [-0.2, -0.15) is 0 Å². The van der Waals surface area contributed by atoms with Gasteiger partial charge in [0.1, 0.15) is 11.6 Å². The van der Waals surface area contributed by atoms with Crippen LogP contribution in [0.2, 0.25) is 0 Å². The highest BCUT2D eigenvalue weighted by Crippen LogP contribution is 2.33. The highest BCUT2D eigenvalue weighted by molar-refractivity contribution is 9.10. The number of aromatic nitrogens is 2. The second-order valence-corrected chi connectivity index (χ2v) is 7.50. The number of pyridine rings is 1. The van der Waals surface area contributed by atoms with Crippen LogP contribution in [0, 0.1) is 0 Å². The molecular weight excluding hydrogens is 424 g/mol. The zero-order valence-electron chi connectivity index (χ0n) is 15.7. The third-order valence-electron chi connectivity index (χ3n) is 4.85. The molecule has 2 aromatic heterocycles. The molecule has 8 heteroatoms. The summed E-state index contributed by atoms with van der Waals surface area (Å²) in [5.74, 6) is 1.36. The summed E-state index contributed by atoms with van der Waals surface area (Å²) < 4.78 is 13.7. The number of nitrogens with one attached hydrogen (secondary N) is 1. The average Bonchev–Trinajstić information content (AvgIpc) is 3.11. The van der Waals surface area contributed by atoms with Gasteiger partial charge in [0.05, 0.1) is 37.1 Å². The largest absolute Gasteiger partial charge is 0.495 e. The fourth-order valence-electron chi connectivity index (χ4n) is 3.41. The Hall–Kier alpha value is -2.58. The Morgan fingerprint density at radius 1 is 1.29 bits per heavy atom. The summed E-state index contributed by atoms with van der Waals surface area (Å²) in [6.07, 6.45) is 3.58. The minimum Gasteiger partial charge on any atom is -0.495 e. The summed E-state index contributed by atoms with van der Waals surface area (Å²) >= 11 is 3.49. The Morgan fingerprint density at radius 3 is 2.82 bits per heavy atom. The zero-order chi connectivity index (χ0) is 19.7. The second kappa shape index (κ2) is 7.81. The molecule has 3 heterocycles. The first-order valence-electron chi connectivity index (χ1n) is 9.00. The van der Waals surface area contributed by atoms with Crippen molar-refractivity contribution < 1.29 is 14.3 Å². The van der Waals surface area contributed by atoms with Crippen molar-refractivity contribution in [1.29, 1.82) is 0 Å². The smallest absolute Gasteiger partial charge is 0.257 e. The minimum atomic E-state index is -0.0193. The van der Waals surface area contributed by atoms with E-state index in [9.17, 15) is 4.79 Å². The van der Waals surface area contributed by atoms with Crippen molar-refractivity contribution in [2.75, 3.05) is 38.7 Å². The molecule has 1 aliphatic heterocycles. The molecule has 4 rings (SSSR count). The molecule has 0 unspecified atom stereocenters. The van der Waals surface area contributed by atoms with E-state index in [1.165, 1.54) is 0 Å².